The van der Waals surface area contributed by atoms with E-state index >= 15 is 0 Å². The highest BCUT2D eigenvalue weighted by Crippen LogP contribution is 2.28. The van der Waals surface area contributed by atoms with Gasteiger partial charge in [0, 0.05) is 12.5 Å². The van der Waals surface area contributed by atoms with Crippen LogP contribution in [0.2, 0.25) is 0 Å². The summed E-state index contributed by atoms with van der Waals surface area (Å²) in [7, 11) is 1.67. The fourth-order valence-corrected chi connectivity index (χ4v) is 5.78. The van der Waals surface area contributed by atoms with Gasteiger partial charge in [0.2, 0.25) is 0 Å². The molecule has 6 heteroatoms. The Morgan fingerprint density at radius 1 is 0.578 bits per heavy atom. The lowest BCUT2D eigenvalue weighted by Crippen LogP contribution is -2.55. The van der Waals surface area contributed by atoms with Crippen molar-refractivity contribution in [2.75, 3.05) is 26.8 Å². The Morgan fingerprint density at radius 2 is 1.20 bits per heavy atom. The number of hydrogen-bond donors (Lipinski definition) is 0. The second kappa shape index (κ2) is 15.8. The average Bonchev–Trinajstić information content (AvgIpc) is 3.10. The molecule has 1 aliphatic rings. The Labute approximate surface area is 266 Å². The summed E-state index contributed by atoms with van der Waals surface area (Å²) in [5.74, 6) is 0.854. The van der Waals surface area contributed by atoms with E-state index in [0.29, 0.717) is 46.1 Å². The highest BCUT2D eigenvalue weighted by molar-refractivity contribution is 5.82. The molecule has 5 aromatic carbocycles. The van der Waals surface area contributed by atoms with Crippen molar-refractivity contribution in [2.45, 2.75) is 38.6 Å². The van der Waals surface area contributed by atoms with Crippen molar-refractivity contribution < 1.29 is 23.8 Å². The molecule has 1 saturated heterocycles. The summed E-state index contributed by atoms with van der Waals surface area (Å²) in [6.07, 6.45) is -0.405. The first-order chi connectivity index (χ1) is 22.2. The van der Waals surface area contributed by atoms with Crippen molar-refractivity contribution in [3.8, 4) is 5.75 Å². The molecule has 232 valence electrons. The second-order valence-electron chi connectivity index (χ2n) is 11.5. The molecular formula is C39H41NO5. The average molecular weight is 604 g/mol. The number of hydroxylamine groups is 2. The van der Waals surface area contributed by atoms with Gasteiger partial charge in [-0.05, 0) is 51.2 Å². The van der Waals surface area contributed by atoms with Gasteiger partial charge in [0.25, 0.3) is 0 Å². The van der Waals surface area contributed by atoms with Crippen LogP contribution in [0.5, 0.6) is 5.75 Å². The fraction of sp³-hybridized carbons (Fsp3) is 0.282. The number of methoxy groups -OCH3 is 1. The Balaban J connectivity index is 1.19. The van der Waals surface area contributed by atoms with Crippen LogP contribution in [0.15, 0.2) is 127 Å². The van der Waals surface area contributed by atoms with Crippen LogP contribution in [0.1, 0.15) is 22.3 Å². The number of fused-ring (bicyclic) bond motifs is 1. The van der Waals surface area contributed by atoms with Crippen molar-refractivity contribution in [1.82, 2.24) is 5.06 Å². The Morgan fingerprint density at radius 3 is 1.93 bits per heavy atom. The molecule has 0 amide bonds. The predicted octanol–water partition coefficient (Wildman–Crippen LogP) is 7.60. The van der Waals surface area contributed by atoms with E-state index < -0.39 is 0 Å². The van der Waals surface area contributed by atoms with E-state index in [1.165, 1.54) is 10.8 Å². The van der Waals surface area contributed by atoms with Gasteiger partial charge in [0.05, 0.1) is 58.9 Å². The van der Waals surface area contributed by atoms with E-state index in [1.807, 2.05) is 65.7 Å². The summed E-state index contributed by atoms with van der Waals surface area (Å²) in [6, 6.07) is 43.5. The number of benzene rings is 5. The molecule has 6 rings (SSSR count). The smallest absolute Gasteiger partial charge is 0.118 e. The van der Waals surface area contributed by atoms with Crippen LogP contribution in [0, 0.1) is 5.92 Å². The summed E-state index contributed by atoms with van der Waals surface area (Å²) < 4.78 is 25.0. The zero-order valence-electron chi connectivity index (χ0n) is 25.8. The van der Waals surface area contributed by atoms with Crippen molar-refractivity contribution >= 4 is 10.8 Å². The lowest BCUT2D eigenvalue weighted by molar-refractivity contribution is -0.250. The highest BCUT2D eigenvalue weighted by atomic mass is 16.7. The van der Waals surface area contributed by atoms with Crippen LogP contribution >= 0.6 is 0 Å². The predicted molar refractivity (Wildman–Crippen MR) is 176 cm³/mol. The first kappa shape index (κ1) is 31.0. The summed E-state index contributed by atoms with van der Waals surface area (Å²) in [5, 5.41) is 4.45. The van der Waals surface area contributed by atoms with Gasteiger partial charge in [0.1, 0.15) is 5.75 Å². The fourth-order valence-electron chi connectivity index (χ4n) is 5.78. The minimum atomic E-state index is -0.222. The van der Waals surface area contributed by atoms with Gasteiger partial charge >= 0.3 is 0 Å². The van der Waals surface area contributed by atoms with Crippen LogP contribution in [-0.4, -0.2) is 44.1 Å². The molecule has 6 nitrogen and oxygen atoms in total. The molecule has 0 bridgehead atoms. The van der Waals surface area contributed by atoms with Gasteiger partial charge in [-0.2, -0.15) is 5.06 Å². The van der Waals surface area contributed by atoms with Crippen molar-refractivity contribution in [2.24, 2.45) is 5.92 Å². The molecule has 0 aliphatic carbocycles. The lowest BCUT2D eigenvalue weighted by Gasteiger charge is -2.42. The quantitative estimate of drug-likeness (QED) is 0.130. The monoisotopic (exact) mass is 603 g/mol. The first-order valence-corrected chi connectivity index (χ1v) is 15.6. The van der Waals surface area contributed by atoms with E-state index in [0.717, 1.165) is 28.0 Å². The Kier molecular flexibility index (Phi) is 10.9. The van der Waals surface area contributed by atoms with Gasteiger partial charge in [-0.3, -0.25) is 4.84 Å². The molecule has 0 aromatic heterocycles. The first-order valence-electron chi connectivity index (χ1n) is 15.6. The van der Waals surface area contributed by atoms with Crippen LogP contribution < -0.4 is 4.74 Å². The van der Waals surface area contributed by atoms with Crippen molar-refractivity contribution in [3.05, 3.63) is 150 Å². The highest BCUT2D eigenvalue weighted by Gasteiger charge is 2.39. The molecule has 45 heavy (non-hydrogen) atoms. The van der Waals surface area contributed by atoms with Gasteiger partial charge in [-0.25, -0.2) is 0 Å². The Bertz CT molecular complexity index is 1600. The van der Waals surface area contributed by atoms with Crippen LogP contribution in [0.25, 0.3) is 10.8 Å². The number of ether oxygens (including phenoxy) is 4. The maximum atomic E-state index is 6.77. The summed E-state index contributed by atoms with van der Waals surface area (Å²) in [6.45, 7) is 3.74. The molecule has 0 unspecified atom stereocenters. The van der Waals surface area contributed by atoms with E-state index in [4.69, 9.17) is 23.8 Å². The molecule has 0 saturated carbocycles. The molecule has 1 fully saturated rings. The molecule has 0 radical (unpaired) electrons. The minimum Gasteiger partial charge on any atom is -0.497 e. The zero-order chi connectivity index (χ0) is 30.7. The zero-order valence-corrected chi connectivity index (χ0v) is 25.8. The molecule has 0 spiro atoms. The summed E-state index contributed by atoms with van der Waals surface area (Å²) in [4.78, 5) is 6.38. The third kappa shape index (κ3) is 8.78. The summed E-state index contributed by atoms with van der Waals surface area (Å²) in [5.41, 5.74) is 4.48. The molecular weight excluding hydrogens is 562 g/mol. The van der Waals surface area contributed by atoms with E-state index in [2.05, 4.69) is 66.7 Å². The van der Waals surface area contributed by atoms with E-state index in [-0.39, 0.29) is 18.1 Å². The topological polar surface area (TPSA) is 49.4 Å². The van der Waals surface area contributed by atoms with Crippen LogP contribution in [0.3, 0.4) is 0 Å². The maximum absolute atomic E-state index is 6.77. The van der Waals surface area contributed by atoms with Gasteiger partial charge in [0.15, 0.2) is 0 Å². The number of hydrogen-bond acceptors (Lipinski definition) is 6. The molecule has 1 aliphatic heterocycles. The maximum Gasteiger partial charge on any atom is 0.118 e. The van der Waals surface area contributed by atoms with Gasteiger partial charge in [-0.15, -0.1) is 0 Å². The third-order valence-corrected chi connectivity index (χ3v) is 8.23. The van der Waals surface area contributed by atoms with Crippen LogP contribution in [-0.2, 0) is 45.5 Å². The molecule has 1 heterocycles. The van der Waals surface area contributed by atoms with E-state index in [9.17, 15) is 0 Å². The number of piperidine rings is 1. The van der Waals surface area contributed by atoms with Gasteiger partial charge in [-0.1, -0.05) is 109 Å². The Hall–Kier alpha value is -4.04. The largest absolute Gasteiger partial charge is 0.497 e. The standard InChI is InChI=1S/C39H41NO5/c1-41-37-20-17-32(18-21-37)28-45-40-23-36(29-42-25-30-10-4-2-5-11-30)39(38(24-40)43-26-31-12-6-3-7-13-31)44-27-33-16-19-34-14-8-9-15-35(34)22-33/h2-22,36,38-39H,23-29H2,1H3/t36-,38-,39-/m1/s1. The van der Waals surface area contributed by atoms with E-state index in [1.54, 1.807) is 7.11 Å². The molecule has 0 N–H and O–H groups in total. The number of rotatable bonds is 14. The van der Waals surface area contributed by atoms with Crippen LogP contribution in [0.4, 0.5) is 0 Å². The SMILES string of the molecule is COc1ccc(CON2C[C@H](COCc3ccccc3)[C@@H](OCc3ccc4ccccc4c3)[C@H](OCc3ccccc3)C2)cc1. The lowest BCUT2D eigenvalue weighted by atomic mass is 9.93. The third-order valence-electron chi connectivity index (χ3n) is 8.23. The van der Waals surface area contributed by atoms with Crippen molar-refractivity contribution in [3.63, 3.8) is 0 Å². The van der Waals surface area contributed by atoms with Crippen molar-refractivity contribution in [1.29, 1.82) is 0 Å². The number of nitrogens with zero attached hydrogens (tertiary/aromatic N) is 1. The summed E-state index contributed by atoms with van der Waals surface area (Å²) >= 11 is 0. The minimum absolute atomic E-state index is 0.0274. The van der Waals surface area contributed by atoms with Gasteiger partial charge < -0.3 is 18.9 Å². The molecule has 5 aromatic rings. The second-order valence-corrected chi connectivity index (χ2v) is 11.5. The molecule has 3 atom stereocenters. The normalized spacial score (nSPS) is 18.6.